The van der Waals surface area contributed by atoms with Gasteiger partial charge in [-0.05, 0) is 61.6 Å². The number of hydrogen-bond acceptors (Lipinski definition) is 5. The first-order chi connectivity index (χ1) is 17.1. The molecule has 0 fully saturated rings. The molecule has 0 saturated carbocycles. The van der Waals surface area contributed by atoms with Gasteiger partial charge in [0.25, 0.3) is 5.91 Å². The molecule has 36 heavy (non-hydrogen) atoms. The van der Waals surface area contributed by atoms with Crippen molar-refractivity contribution < 1.29 is 18.3 Å². The highest BCUT2D eigenvalue weighted by molar-refractivity contribution is 6.07. The number of nitriles is 1. The van der Waals surface area contributed by atoms with Gasteiger partial charge in [-0.3, -0.25) is 4.79 Å². The summed E-state index contributed by atoms with van der Waals surface area (Å²) >= 11 is 0. The van der Waals surface area contributed by atoms with Crippen molar-refractivity contribution in [2.24, 2.45) is 5.41 Å². The van der Waals surface area contributed by atoms with Gasteiger partial charge in [-0.1, -0.05) is 26.0 Å². The van der Waals surface area contributed by atoms with Gasteiger partial charge in [0.15, 0.2) is 5.75 Å². The van der Waals surface area contributed by atoms with Crippen LogP contribution in [0.15, 0.2) is 48.7 Å². The van der Waals surface area contributed by atoms with E-state index in [1.807, 2.05) is 43.0 Å². The summed E-state index contributed by atoms with van der Waals surface area (Å²) in [5.74, 6) is -0.976. The fourth-order valence-electron chi connectivity index (χ4n) is 4.31. The Kier molecular flexibility index (Phi) is 6.93. The molecule has 1 aliphatic rings. The van der Waals surface area contributed by atoms with E-state index in [2.05, 4.69) is 10.3 Å². The number of carbonyl (C=O) groups excluding carboxylic acids is 1. The normalized spacial score (nSPS) is 15.0. The predicted molar refractivity (Wildman–Crippen MR) is 135 cm³/mol. The number of ether oxygens (including phenoxy) is 1. The minimum absolute atomic E-state index is 0.00400. The van der Waals surface area contributed by atoms with Crippen LogP contribution in [-0.4, -0.2) is 23.5 Å². The summed E-state index contributed by atoms with van der Waals surface area (Å²) in [6, 6.07) is 13.3. The molecule has 0 saturated heterocycles. The van der Waals surface area contributed by atoms with Crippen LogP contribution in [-0.2, 0) is 6.42 Å². The second-order valence-electron chi connectivity index (χ2n) is 9.93. The largest absolute Gasteiger partial charge is 0.488 e. The Balaban J connectivity index is 1.62. The number of aromatic nitrogens is 1. The molecular formula is C28H28F2N4O2. The first-order valence-electron chi connectivity index (χ1n) is 11.7. The zero-order valence-corrected chi connectivity index (χ0v) is 20.7. The van der Waals surface area contributed by atoms with Crippen LogP contribution in [0.1, 0.15) is 48.7 Å². The summed E-state index contributed by atoms with van der Waals surface area (Å²) in [6.45, 7) is 7.85. The number of hydrogen-bond donors (Lipinski definition) is 1. The molecule has 6 nitrogen and oxygen atoms in total. The topological polar surface area (TPSA) is 78.2 Å². The number of fused-ring (bicyclic) bond motifs is 1. The van der Waals surface area contributed by atoms with Gasteiger partial charge in [0, 0.05) is 23.9 Å². The summed E-state index contributed by atoms with van der Waals surface area (Å²) in [5, 5.41) is 11.6. The van der Waals surface area contributed by atoms with E-state index >= 15 is 0 Å². The van der Waals surface area contributed by atoms with Crippen molar-refractivity contribution in [3.63, 3.8) is 0 Å². The summed E-state index contributed by atoms with van der Waals surface area (Å²) in [5.41, 5.74) is 1.27. The molecule has 2 aromatic carbocycles. The van der Waals surface area contributed by atoms with Crippen molar-refractivity contribution in [2.75, 3.05) is 16.8 Å². The van der Waals surface area contributed by atoms with Crippen LogP contribution in [0, 0.1) is 35.3 Å². The maximum Gasteiger partial charge on any atom is 0.259 e. The Morgan fingerprint density at radius 2 is 1.97 bits per heavy atom. The maximum atomic E-state index is 14.8. The van der Waals surface area contributed by atoms with Gasteiger partial charge in [-0.15, -0.1) is 0 Å². The van der Waals surface area contributed by atoms with E-state index in [0.717, 1.165) is 23.5 Å². The van der Waals surface area contributed by atoms with Crippen molar-refractivity contribution in [3.05, 3.63) is 77.0 Å². The van der Waals surface area contributed by atoms with Crippen LogP contribution < -0.4 is 15.0 Å². The van der Waals surface area contributed by atoms with Crippen molar-refractivity contribution in [1.82, 2.24) is 4.98 Å². The number of halogens is 2. The molecule has 1 aromatic heterocycles. The maximum absolute atomic E-state index is 14.8. The van der Waals surface area contributed by atoms with Crippen LogP contribution in [0.25, 0.3) is 0 Å². The lowest BCUT2D eigenvalue weighted by atomic mass is 9.83. The smallest absolute Gasteiger partial charge is 0.259 e. The lowest BCUT2D eigenvalue weighted by Gasteiger charge is -2.36. The lowest BCUT2D eigenvalue weighted by molar-refractivity contribution is 0.102. The van der Waals surface area contributed by atoms with Crippen molar-refractivity contribution >= 4 is 23.1 Å². The second kappa shape index (κ2) is 9.94. The Morgan fingerprint density at radius 3 is 2.61 bits per heavy atom. The average molecular weight is 491 g/mol. The molecule has 186 valence electrons. The second-order valence-corrected chi connectivity index (χ2v) is 9.93. The Bertz CT molecular complexity index is 1310. The van der Waals surface area contributed by atoms with Gasteiger partial charge in [0.05, 0.1) is 23.4 Å². The molecule has 8 heteroatoms. The van der Waals surface area contributed by atoms with E-state index in [1.54, 1.807) is 32.2 Å². The number of nitrogens with one attached hydrogen (secondary N) is 1. The molecular weight excluding hydrogens is 462 g/mol. The van der Waals surface area contributed by atoms with E-state index in [4.69, 9.17) is 10.00 Å². The Labute approximate surface area is 209 Å². The van der Waals surface area contributed by atoms with Crippen molar-refractivity contribution in [1.29, 1.82) is 5.26 Å². The molecule has 1 aliphatic heterocycles. The molecule has 0 radical (unpaired) electrons. The third-order valence-electron chi connectivity index (χ3n) is 6.16. The quantitative estimate of drug-likeness (QED) is 0.437. The molecule has 1 amide bonds. The molecule has 0 unspecified atom stereocenters. The number of anilines is 3. The van der Waals surface area contributed by atoms with E-state index in [-0.39, 0.29) is 35.7 Å². The zero-order chi connectivity index (χ0) is 26.0. The molecule has 2 heterocycles. The number of benzene rings is 2. The molecule has 1 atom stereocenters. The highest BCUT2D eigenvalue weighted by Gasteiger charge is 2.30. The SMILES string of the molecule is Cc1ccc(N2c3cccc(C(=O)Nc4cc(F)c(CC(C)(C)CC#N)c(F)c4)c3OC[C@@H]2C)nc1. The first kappa shape index (κ1) is 25.1. The molecule has 4 rings (SSSR count). The summed E-state index contributed by atoms with van der Waals surface area (Å²) < 4.78 is 35.6. The number of para-hydroxylation sites is 1. The van der Waals surface area contributed by atoms with Crippen LogP contribution in [0.5, 0.6) is 5.75 Å². The number of pyridine rings is 1. The number of rotatable bonds is 6. The van der Waals surface area contributed by atoms with Crippen molar-refractivity contribution in [2.45, 2.75) is 46.6 Å². The first-order valence-corrected chi connectivity index (χ1v) is 11.7. The van der Waals surface area contributed by atoms with E-state index in [9.17, 15) is 13.6 Å². The number of amides is 1. The summed E-state index contributed by atoms with van der Waals surface area (Å²) in [4.78, 5) is 19.7. The van der Waals surface area contributed by atoms with Gasteiger partial charge in [0.2, 0.25) is 0 Å². The van der Waals surface area contributed by atoms with Gasteiger partial charge in [0.1, 0.15) is 24.1 Å². The Morgan fingerprint density at radius 1 is 1.25 bits per heavy atom. The van der Waals surface area contributed by atoms with Crippen LogP contribution >= 0.6 is 0 Å². The van der Waals surface area contributed by atoms with Crippen molar-refractivity contribution in [3.8, 4) is 11.8 Å². The number of aryl methyl sites for hydroxylation is 1. The van der Waals surface area contributed by atoms with Crippen LogP contribution in [0.3, 0.4) is 0 Å². The third-order valence-corrected chi connectivity index (χ3v) is 6.16. The molecule has 0 spiro atoms. The minimum Gasteiger partial charge on any atom is -0.488 e. The fraction of sp³-hybridized carbons (Fsp3) is 0.321. The standard InChI is InChI=1S/C28H28F2N4O2/c1-17-8-9-25(32-15-17)34-18(2)16-36-26-20(6-5-7-24(26)34)27(35)33-19-12-22(29)21(23(30)13-19)14-28(3,4)10-11-31/h5-9,12-13,15,18H,10,14,16H2,1-4H3,(H,33,35)/t18-/m0/s1. The van der Waals surface area contributed by atoms with Gasteiger partial charge < -0.3 is 15.0 Å². The fourth-order valence-corrected chi connectivity index (χ4v) is 4.31. The monoisotopic (exact) mass is 490 g/mol. The minimum atomic E-state index is -0.770. The molecule has 0 aliphatic carbocycles. The van der Waals surface area contributed by atoms with Gasteiger partial charge in [-0.2, -0.15) is 5.26 Å². The third kappa shape index (κ3) is 5.15. The Hall–Kier alpha value is -3.99. The van der Waals surface area contributed by atoms with Gasteiger partial charge in [-0.25, -0.2) is 13.8 Å². The molecule has 3 aromatic rings. The molecule has 0 bridgehead atoms. The van der Waals surface area contributed by atoms with Gasteiger partial charge >= 0.3 is 0 Å². The molecule has 1 N–H and O–H groups in total. The zero-order valence-electron chi connectivity index (χ0n) is 20.7. The highest BCUT2D eigenvalue weighted by atomic mass is 19.1. The summed E-state index contributed by atoms with van der Waals surface area (Å²) in [6.07, 6.45) is 2.01. The van der Waals surface area contributed by atoms with Crippen LogP contribution in [0.2, 0.25) is 0 Å². The van der Waals surface area contributed by atoms with E-state index in [1.165, 1.54) is 0 Å². The van der Waals surface area contributed by atoms with Crippen LogP contribution in [0.4, 0.5) is 26.0 Å². The predicted octanol–water partition coefficient (Wildman–Crippen LogP) is 6.32. The average Bonchev–Trinajstić information content (AvgIpc) is 2.82. The number of carbonyl (C=O) groups is 1. The summed E-state index contributed by atoms with van der Waals surface area (Å²) in [7, 11) is 0. The van der Waals surface area contributed by atoms with E-state index < -0.39 is 23.0 Å². The number of nitrogens with zero attached hydrogens (tertiary/aromatic N) is 3. The highest BCUT2D eigenvalue weighted by Crippen LogP contribution is 2.41. The van der Waals surface area contributed by atoms with E-state index in [0.29, 0.717) is 18.0 Å². The lowest BCUT2D eigenvalue weighted by Crippen LogP contribution is -2.38.